The summed E-state index contributed by atoms with van der Waals surface area (Å²) >= 11 is 0. The monoisotopic (exact) mass is 704 g/mol. The zero-order valence-electron chi connectivity index (χ0n) is 28.9. The summed E-state index contributed by atoms with van der Waals surface area (Å²) in [5.41, 5.74) is 8.57. The summed E-state index contributed by atoms with van der Waals surface area (Å²) in [5, 5.41) is 7.65. The van der Waals surface area contributed by atoms with Gasteiger partial charge in [-0.25, -0.2) is 9.97 Å². The van der Waals surface area contributed by atoms with Crippen LogP contribution in [-0.2, 0) is 22.7 Å². The number of fused-ring (bicyclic) bond motifs is 2. The molecule has 3 aromatic carbocycles. The number of carbonyl (C=O) groups is 1. The number of pyridine rings is 2. The third kappa shape index (κ3) is 6.79. The van der Waals surface area contributed by atoms with Crippen LogP contribution in [0, 0.1) is 13.8 Å². The fraction of sp³-hybridized carbons (Fsp3) is 0.300. The number of ether oxygens (including phenoxy) is 2. The second-order valence-electron chi connectivity index (χ2n) is 13.4. The predicted octanol–water partition coefficient (Wildman–Crippen LogP) is 8.07. The summed E-state index contributed by atoms with van der Waals surface area (Å²) < 4.78 is 43.2. The molecule has 0 aliphatic carbocycles. The first-order valence-electron chi connectivity index (χ1n) is 17.5. The van der Waals surface area contributed by atoms with Crippen molar-refractivity contribution in [2.24, 2.45) is 0 Å². The number of hydrogen-bond donors (Lipinski definition) is 2. The van der Waals surface area contributed by atoms with Crippen LogP contribution in [-0.4, -0.2) is 58.1 Å². The van der Waals surface area contributed by atoms with Crippen molar-refractivity contribution in [2.45, 2.75) is 58.9 Å². The molecule has 0 bridgehead atoms. The summed E-state index contributed by atoms with van der Waals surface area (Å²) in [5.74, 6) is 0.448. The van der Waals surface area contributed by atoms with Gasteiger partial charge in [-0.15, -0.1) is 0 Å². The van der Waals surface area contributed by atoms with Crippen LogP contribution in [0.2, 0.25) is 0 Å². The average molecular weight is 705 g/mol. The summed E-state index contributed by atoms with van der Waals surface area (Å²) in [6.07, 6.45) is 6.53. The topological polar surface area (TPSA) is 115 Å². The first-order valence-corrected chi connectivity index (χ1v) is 17.5. The standard InChI is InChI=1S/C40H38F2N6O4/c1-23-28(29-8-4-10-31(24(29)2)46-37-36-26(12-14-44-37)17-25(20-45-36)21-48-15-6-16-48)7-3-9-30(23)38-47-33-18-27(22-50-39(49)32-11-5-13-43-32)34(52-40(41)42)19-35(33)51-38/h3-4,7-10,12,14,17-20,32,40,43H,5-6,11,13,15-16,21-22H2,1-2H3,(H,44,46)/t32-/m0/s1. The number of nitrogens with zero attached hydrogens (tertiary/aromatic N) is 4. The van der Waals surface area contributed by atoms with Crippen molar-refractivity contribution in [3.63, 3.8) is 0 Å². The van der Waals surface area contributed by atoms with Crippen LogP contribution in [0.3, 0.4) is 0 Å². The summed E-state index contributed by atoms with van der Waals surface area (Å²) in [6, 6.07) is 18.7. The summed E-state index contributed by atoms with van der Waals surface area (Å²) in [7, 11) is 0. The second kappa shape index (κ2) is 14.3. The molecule has 1 atom stereocenters. The minimum absolute atomic E-state index is 0.134. The van der Waals surface area contributed by atoms with Gasteiger partial charge < -0.3 is 24.5 Å². The van der Waals surface area contributed by atoms with Crippen LogP contribution >= 0.6 is 0 Å². The zero-order valence-corrected chi connectivity index (χ0v) is 28.9. The van der Waals surface area contributed by atoms with E-state index in [2.05, 4.69) is 39.6 Å². The number of halogens is 2. The zero-order chi connectivity index (χ0) is 35.8. The van der Waals surface area contributed by atoms with Crippen LogP contribution in [0.5, 0.6) is 5.75 Å². The molecule has 8 rings (SSSR count). The van der Waals surface area contributed by atoms with Gasteiger partial charge in [-0.05, 0) is 111 Å². The van der Waals surface area contributed by atoms with Crippen molar-refractivity contribution in [1.29, 1.82) is 0 Å². The van der Waals surface area contributed by atoms with Gasteiger partial charge in [0.2, 0.25) is 5.89 Å². The number of oxazole rings is 1. The number of hydrogen-bond acceptors (Lipinski definition) is 10. The number of nitrogens with one attached hydrogen (secondary N) is 2. The van der Waals surface area contributed by atoms with Gasteiger partial charge in [-0.3, -0.25) is 14.7 Å². The van der Waals surface area contributed by atoms with Crippen molar-refractivity contribution < 1.29 is 27.5 Å². The molecule has 52 heavy (non-hydrogen) atoms. The largest absolute Gasteiger partial charge is 0.460 e. The highest BCUT2D eigenvalue weighted by Crippen LogP contribution is 2.38. The van der Waals surface area contributed by atoms with Gasteiger partial charge in [0, 0.05) is 47.2 Å². The van der Waals surface area contributed by atoms with Gasteiger partial charge >= 0.3 is 12.6 Å². The maximum atomic E-state index is 13.4. The van der Waals surface area contributed by atoms with Gasteiger partial charge in [-0.1, -0.05) is 24.3 Å². The molecular formula is C40H38F2N6O4. The molecule has 2 fully saturated rings. The number of aromatic nitrogens is 3. The molecule has 2 aliphatic heterocycles. The minimum Gasteiger partial charge on any atom is -0.460 e. The van der Waals surface area contributed by atoms with Gasteiger partial charge in [0.15, 0.2) is 11.4 Å². The molecule has 266 valence electrons. The molecule has 12 heteroatoms. The van der Waals surface area contributed by atoms with Crippen molar-refractivity contribution in [1.82, 2.24) is 25.2 Å². The maximum Gasteiger partial charge on any atom is 0.387 e. The third-order valence-corrected chi connectivity index (χ3v) is 9.95. The lowest BCUT2D eigenvalue weighted by Gasteiger charge is -2.30. The Labute approximate surface area is 299 Å². The summed E-state index contributed by atoms with van der Waals surface area (Å²) in [6.45, 7) is 4.66. The van der Waals surface area contributed by atoms with E-state index in [0.29, 0.717) is 23.6 Å². The number of esters is 1. The SMILES string of the molecule is Cc1c(Nc2nccc3cc(CN4CCC4)cnc23)cccc1-c1cccc(-c2nc3cc(COC(=O)[C@@H]4CCCN4)c(OC(F)F)cc3o2)c1C. The maximum absolute atomic E-state index is 13.4. The van der Waals surface area contributed by atoms with Crippen LogP contribution in [0.1, 0.15) is 41.5 Å². The van der Waals surface area contributed by atoms with Crippen molar-refractivity contribution in [3.8, 4) is 28.3 Å². The molecular weight excluding hydrogens is 666 g/mol. The molecule has 0 saturated carbocycles. The van der Waals surface area contributed by atoms with E-state index in [1.165, 1.54) is 18.1 Å². The Balaban J connectivity index is 1.07. The molecule has 2 N–H and O–H groups in total. The molecule has 2 saturated heterocycles. The van der Waals surface area contributed by atoms with Crippen molar-refractivity contribution >= 4 is 39.5 Å². The van der Waals surface area contributed by atoms with Crippen LogP contribution < -0.4 is 15.4 Å². The molecule has 3 aromatic heterocycles. The molecule has 0 radical (unpaired) electrons. The fourth-order valence-electron chi connectivity index (χ4n) is 7.00. The Bertz CT molecular complexity index is 2280. The first kappa shape index (κ1) is 33.7. The molecule has 0 unspecified atom stereocenters. The quantitative estimate of drug-likeness (QED) is 0.128. The van der Waals surface area contributed by atoms with E-state index in [-0.39, 0.29) is 23.5 Å². The Morgan fingerprint density at radius 2 is 1.83 bits per heavy atom. The second-order valence-corrected chi connectivity index (χ2v) is 13.4. The highest BCUT2D eigenvalue weighted by Gasteiger charge is 2.25. The van der Waals surface area contributed by atoms with Gasteiger partial charge in [0.25, 0.3) is 0 Å². The Morgan fingerprint density at radius 3 is 2.60 bits per heavy atom. The Kier molecular flexibility index (Phi) is 9.25. The van der Waals surface area contributed by atoms with Gasteiger partial charge in [0.1, 0.15) is 29.4 Å². The van der Waals surface area contributed by atoms with Crippen molar-refractivity contribution in [2.75, 3.05) is 25.0 Å². The number of likely N-dealkylation sites (tertiary alicyclic amines) is 1. The first-order chi connectivity index (χ1) is 25.3. The normalized spacial score (nSPS) is 16.1. The predicted molar refractivity (Wildman–Crippen MR) is 195 cm³/mol. The lowest BCUT2D eigenvalue weighted by atomic mass is 9.93. The minimum atomic E-state index is -3.07. The van der Waals surface area contributed by atoms with Crippen LogP contribution in [0.4, 0.5) is 20.3 Å². The fourth-order valence-corrected chi connectivity index (χ4v) is 7.00. The molecule has 0 amide bonds. The van der Waals surface area contributed by atoms with E-state index < -0.39 is 18.6 Å². The van der Waals surface area contributed by atoms with E-state index in [4.69, 9.17) is 23.9 Å². The lowest BCUT2D eigenvalue weighted by Crippen LogP contribution is -2.36. The van der Waals surface area contributed by atoms with Crippen LogP contribution in [0.15, 0.2) is 77.5 Å². The number of rotatable bonds is 11. The highest BCUT2D eigenvalue weighted by atomic mass is 19.3. The molecule has 10 nitrogen and oxygen atoms in total. The Morgan fingerprint density at radius 1 is 1.02 bits per heavy atom. The highest BCUT2D eigenvalue weighted by molar-refractivity contribution is 5.91. The third-order valence-electron chi connectivity index (χ3n) is 9.95. The number of benzene rings is 3. The number of carbonyl (C=O) groups excluding carboxylic acids is 1. The van der Waals surface area contributed by atoms with E-state index in [9.17, 15) is 13.6 Å². The average Bonchev–Trinajstić information content (AvgIpc) is 3.80. The van der Waals surface area contributed by atoms with Gasteiger partial charge in [0.05, 0.1) is 0 Å². The van der Waals surface area contributed by atoms with E-state index in [0.717, 1.165) is 77.0 Å². The van der Waals surface area contributed by atoms with E-state index in [1.54, 1.807) is 12.3 Å². The smallest absolute Gasteiger partial charge is 0.387 e. The summed E-state index contributed by atoms with van der Waals surface area (Å²) in [4.78, 5) is 29.1. The van der Waals surface area contributed by atoms with Crippen LogP contribution in [0.25, 0.3) is 44.6 Å². The molecule has 6 aromatic rings. The molecule has 2 aliphatic rings. The van der Waals surface area contributed by atoms with E-state index >= 15 is 0 Å². The molecule has 5 heterocycles. The van der Waals surface area contributed by atoms with Crippen molar-refractivity contribution in [3.05, 3.63) is 95.3 Å². The number of anilines is 2. The number of alkyl halides is 2. The lowest BCUT2D eigenvalue weighted by molar-refractivity contribution is -0.147. The van der Waals surface area contributed by atoms with E-state index in [1.807, 2.05) is 49.5 Å². The Hall–Kier alpha value is -5.46. The van der Waals surface area contributed by atoms with Gasteiger partial charge in [-0.2, -0.15) is 8.78 Å². The molecule has 0 spiro atoms.